The minimum absolute atomic E-state index is 0.0340. The molecule has 4 bridgehead atoms. The number of nitrogens with zero attached hydrogens (tertiary/aromatic N) is 1. The summed E-state index contributed by atoms with van der Waals surface area (Å²) in [5, 5.41) is 7.04. The third kappa shape index (κ3) is 2.52. The molecule has 5 nitrogen and oxygen atoms in total. The van der Waals surface area contributed by atoms with E-state index in [-0.39, 0.29) is 17.6 Å². The van der Waals surface area contributed by atoms with Crippen LogP contribution in [0.2, 0.25) is 0 Å². The Labute approximate surface area is 165 Å². The van der Waals surface area contributed by atoms with Crippen LogP contribution in [-0.4, -0.2) is 22.5 Å². The Morgan fingerprint density at radius 1 is 1.14 bits per heavy atom. The van der Waals surface area contributed by atoms with Gasteiger partial charge in [0, 0.05) is 17.8 Å². The quantitative estimate of drug-likeness (QED) is 0.854. The van der Waals surface area contributed by atoms with Crippen LogP contribution in [0, 0.1) is 17.8 Å². The molecule has 4 aliphatic carbocycles. The van der Waals surface area contributed by atoms with Gasteiger partial charge in [-0.3, -0.25) is 4.79 Å². The van der Waals surface area contributed by atoms with Gasteiger partial charge in [-0.05, 0) is 74.5 Å². The predicted octanol–water partition coefficient (Wildman–Crippen LogP) is 2.57. The fourth-order valence-corrected chi connectivity index (χ4v) is 6.74. The minimum Gasteiger partial charge on any atom is -0.355 e. The summed E-state index contributed by atoms with van der Waals surface area (Å²) < 4.78 is 0. The molecule has 28 heavy (non-hydrogen) atoms. The SMILES string of the molecule is O=C(NC12CC3CC(CC(C3)C1)C2)C1NC(c2ccc[nH+]c2)=C2C=CC=CN21. The van der Waals surface area contributed by atoms with E-state index < -0.39 is 0 Å². The number of rotatable bonds is 3. The van der Waals surface area contributed by atoms with Gasteiger partial charge in [-0.25, -0.2) is 4.98 Å². The summed E-state index contributed by atoms with van der Waals surface area (Å²) >= 11 is 0. The molecule has 1 aromatic rings. The first-order valence-corrected chi connectivity index (χ1v) is 10.6. The summed E-state index contributed by atoms with van der Waals surface area (Å²) in [5.41, 5.74) is 3.15. The Bertz CT molecular complexity index is 865. The van der Waals surface area contributed by atoms with Crippen LogP contribution in [0.3, 0.4) is 0 Å². The Balaban J connectivity index is 1.26. The average Bonchev–Trinajstić information content (AvgIpc) is 3.07. The number of pyridine rings is 1. The van der Waals surface area contributed by atoms with Crippen LogP contribution in [0.15, 0.2) is 54.7 Å². The lowest BCUT2D eigenvalue weighted by Crippen LogP contribution is -2.63. The largest absolute Gasteiger partial charge is 0.355 e. The first kappa shape index (κ1) is 16.4. The van der Waals surface area contributed by atoms with Gasteiger partial charge in [-0.15, -0.1) is 0 Å². The number of hydrogen-bond acceptors (Lipinski definition) is 3. The highest BCUT2D eigenvalue weighted by Gasteiger charge is 2.52. The summed E-state index contributed by atoms with van der Waals surface area (Å²) in [6.07, 6.45) is 19.3. The number of fused-ring (bicyclic) bond motifs is 1. The monoisotopic (exact) mass is 375 g/mol. The van der Waals surface area contributed by atoms with Crippen LogP contribution >= 0.6 is 0 Å². The molecule has 2 aliphatic heterocycles. The van der Waals surface area contributed by atoms with Crippen LogP contribution < -0.4 is 15.6 Å². The number of allylic oxidation sites excluding steroid dienone is 3. The van der Waals surface area contributed by atoms with E-state index in [2.05, 4.69) is 32.7 Å². The van der Waals surface area contributed by atoms with Crippen molar-refractivity contribution in [2.24, 2.45) is 17.8 Å². The zero-order valence-corrected chi connectivity index (χ0v) is 16.0. The van der Waals surface area contributed by atoms with E-state index in [9.17, 15) is 4.79 Å². The van der Waals surface area contributed by atoms with Gasteiger partial charge in [0.1, 0.15) is 0 Å². The molecule has 0 saturated heterocycles. The highest BCUT2D eigenvalue weighted by atomic mass is 16.2. The van der Waals surface area contributed by atoms with Gasteiger partial charge in [-0.2, -0.15) is 0 Å². The fraction of sp³-hybridized carbons (Fsp3) is 0.478. The molecule has 3 heterocycles. The molecule has 144 valence electrons. The van der Waals surface area contributed by atoms with E-state index in [1.54, 1.807) is 0 Å². The molecule has 7 rings (SSSR count). The van der Waals surface area contributed by atoms with Crippen molar-refractivity contribution in [1.29, 1.82) is 0 Å². The Kier molecular flexibility index (Phi) is 3.49. The standard InChI is InChI=1S/C23H26N4O/c28-22(26-23-11-15-8-16(12-23)10-17(9-15)13-23)21-25-20(18-4-3-6-24-14-18)19-5-1-2-7-27(19)21/h1-7,14-17,21,25H,8-13H2,(H,26,28)/p+1. The Morgan fingerprint density at radius 3 is 2.57 bits per heavy atom. The molecule has 1 unspecified atom stereocenters. The van der Waals surface area contributed by atoms with Crippen molar-refractivity contribution in [3.05, 3.63) is 60.2 Å². The lowest BCUT2D eigenvalue weighted by Gasteiger charge is -2.57. The molecule has 1 aromatic heterocycles. The number of carbonyl (C=O) groups is 1. The van der Waals surface area contributed by atoms with Crippen molar-refractivity contribution in [2.45, 2.75) is 50.2 Å². The van der Waals surface area contributed by atoms with Crippen molar-refractivity contribution in [3.63, 3.8) is 0 Å². The smallest absolute Gasteiger partial charge is 0.264 e. The van der Waals surface area contributed by atoms with Gasteiger partial charge in [0.25, 0.3) is 5.91 Å². The number of aromatic nitrogens is 1. The summed E-state index contributed by atoms with van der Waals surface area (Å²) in [4.78, 5) is 18.7. The summed E-state index contributed by atoms with van der Waals surface area (Å²) in [7, 11) is 0. The van der Waals surface area contributed by atoms with Gasteiger partial charge in [0.2, 0.25) is 0 Å². The van der Waals surface area contributed by atoms with Crippen molar-refractivity contribution in [3.8, 4) is 0 Å². The first-order valence-electron chi connectivity index (χ1n) is 10.6. The molecule has 0 spiro atoms. The van der Waals surface area contributed by atoms with E-state index in [0.717, 1.165) is 34.7 Å². The second-order valence-electron chi connectivity index (χ2n) is 9.39. The second-order valence-corrected chi connectivity index (χ2v) is 9.39. The van der Waals surface area contributed by atoms with Crippen LogP contribution in [0.1, 0.15) is 44.1 Å². The number of nitrogens with one attached hydrogen (secondary N) is 3. The fourth-order valence-electron chi connectivity index (χ4n) is 6.74. The molecule has 5 heteroatoms. The van der Waals surface area contributed by atoms with Crippen LogP contribution in [0.5, 0.6) is 0 Å². The predicted molar refractivity (Wildman–Crippen MR) is 106 cm³/mol. The molecular formula is C23H27N4O+. The van der Waals surface area contributed by atoms with Gasteiger partial charge < -0.3 is 15.5 Å². The lowest BCUT2D eigenvalue weighted by atomic mass is 9.53. The molecule has 4 saturated carbocycles. The van der Waals surface area contributed by atoms with E-state index in [1.807, 2.05) is 36.8 Å². The number of H-pyrrole nitrogens is 1. The topological polar surface area (TPSA) is 58.5 Å². The zero-order valence-electron chi connectivity index (χ0n) is 16.0. The van der Waals surface area contributed by atoms with Crippen molar-refractivity contribution in [1.82, 2.24) is 15.5 Å². The molecule has 0 radical (unpaired) electrons. The molecule has 0 aromatic carbocycles. The average molecular weight is 375 g/mol. The Morgan fingerprint density at radius 2 is 1.89 bits per heavy atom. The maximum atomic E-state index is 13.5. The first-order chi connectivity index (χ1) is 13.7. The van der Waals surface area contributed by atoms with Crippen molar-refractivity contribution >= 4 is 11.6 Å². The maximum absolute atomic E-state index is 13.5. The lowest BCUT2D eigenvalue weighted by molar-refractivity contribution is -0.378. The third-order valence-corrected chi connectivity index (χ3v) is 7.38. The normalized spacial score (nSPS) is 37.2. The highest BCUT2D eigenvalue weighted by Crippen LogP contribution is 2.55. The Hall–Kier alpha value is -2.56. The molecule has 1 atom stereocenters. The van der Waals surface area contributed by atoms with Crippen LogP contribution in [0.4, 0.5) is 0 Å². The number of carbonyl (C=O) groups excluding carboxylic acids is 1. The number of hydrogen-bond donors (Lipinski definition) is 2. The molecule has 4 fully saturated rings. The number of aromatic amines is 1. The second kappa shape index (κ2) is 5.97. The molecule has 3 N–H and O–H groups in total. The van der Waals surface area contributed by atoms with E-state index >= 15 is 0 Å². The van der Waals surface area contributed by atoms with Crippen LogP contribution in [-0.2, 0) is 4.79 Å². The van der Waals surface area contributed by atoms with Gasteiger partial charge >= 0.3 is 0 Å². The number of amides is 1. The molecule has 6 aliphatic rings. The summed E-state index contributed by atoms with van der Waals surface area (Å²) in [6, 6.07) is 4.05. The minimum atomic E-state index is -0.389. The summed E-state index contributed by atoms with van der Waals surface area (Å²) in [5.74, 6) is 2.58. The van der Waals surface area contributed by atoms with E-state index in [4.69, 9.17) is 0 Å². The van der Waals surface area contributed by atoms with Crippen molar-refractivity contribution in [2.75, 3.05) is 0 Å². The maximum Gasteiger partial charge on any atom is 0.264 e. The third-order valence-electron chi connectivity index (χ3n) is 7.38. The van der Waals surface area contributed by atoms with Gasteiger partial charge in [0.15, 0.2) is 18.6 Å². The summed E-state index contributed by atoms with van der Waals surface area (Å²) in [6.45, 7) is 0. The highest BCUT2D eigenvalue weighted by molar-refractivity contribution is 5.88. The van der Waals surface area contributed by atoms with Gasteiger partial charge in [-0.1, -0.05) is 6.08 Å². The van der Waals surface area contributed by atoms with Gasteiger partial charge in [0.05, 0.1) is 17.0 Å². The van der Waals surface area contributed by atoms with E-state index in [1.165, 1.54) is 38.5 Å². The van der Waals surface area contributed by atoms with Crippen molar-refractivity contribution < 1.29 is 9.78 Å². The molecular weight excluding hydrogens is 348 g/mol. The zero-order chi connectivity index (χ0) is 18.7. The van der Waals surface area contributed by atoms with E-state index in [0.29, 0.717) is 0 Å². The molecule has 1 amide bonds. The van der Waals surface area contributed by atoms with Crippen LogP contribution in [0.25, 0.3) is 5.70 Å².